The van der Waals surface area contributed by atoms with Gasteiger partial charge >= 0.3 is 5.97 Å². The molecule has 0 aliphatic heterocycles. The van der Waals surface area contributed by atoms with Crippen molar-refractivity contribution in [3.8, 4) is 0 Å². The molecule has 0 aromatic heterocycles. The topological polar surface area (TPSA) is 86.7 Å². The second kappa shape index (κ2) is 9.09. The zero-order chi connectivity index (χ0) is 16.5. The van der Waals surface area contributed by atoms with Gasteiger partial charge in [-0.15, -0.1) is 11.8 Å². The predicted molar refractivity (Wildman–Crippen MR) is 84.7 cm³/mol. The molecule has 1 aromatic carbocycles. The van der Waals surface area contributed by atoms with Crippen molar-refractivity contribution < 1.29 is 19.5 Å². The predicted octanol–water partition coefficient (Wildman–Crippen LogP) is 1.22. The maximum absolute atomic E-state index is 12.3. The first-order valence-corrected chi connectivity index (χ1v) is 7.85. The highest BCUT2D eigenvalue weighted by Gasteiger charge is 2.25. The normalized spacial score (nSPS) is 11.5. The molecule has 1 unspecified atom stereocenters. The first-order chi connectivity index (χ1) is 10.4. The van der Waals surface area contributed by atoms with Crippen LogP contribution in [0.5, 0.6) is 0 Å². The van der Waals surface area contributed by atoms with Crippen LogP contribution < -0.4 is 5.32 Å². The summed E-state index contributed by atoms with van der Waals surface area (Å²) in [5, 5.41) is 11.7. The van der Waals surface area contributed by atoms with Gasteiger partial charge < -0.3 is 15.3 Å². The standard InChI is InChI=1S/C15H20N2O4S/c1-11(15(20)21)17(9-8-16-12(2)18)14(19)10-22-13-6-4-3-5-7-13/h3-7,11H,8-10H2,1-2H3,(H,16,18)(H,20,21). The third-order valence-electron chi connectivity index (χ3n) is 2.98. The van der Waals surface area contributed by atoms with E-state index in [1.54, 1.807) is 0 Å². The number of amides is 2. The average molecular weight is 324 g/mol. The molecule has 2 N–H and O–H groups in total. The Morgan fingerprint density at radius 3 is 2.45 bits per heavy atom. The van der Waals surface area contributed by atoms with Crippen molar-refractivity contribution in [1.82, 2.24) is 10.2 Å². The van der Waals surface area contributed by atoms with E-state index in [0.717, 1.165) is 4.90 Å². The molecule has 0 heterocycles. The molecule has 2 amide bonds. The summed E-state index contributed by atoms with van der Waals surface area (Å²) < 4.78 is 0. The van der Waals surface area contributed by atoms with Crippen molar-refractivity contribution >= 4 is 29.5 Å². The molecule has 0 bridgehead atoms. The summed E-state index contributed by atoms with van der Waals surface area (Å²) in [7, 11) is 0. The summed E-state index contributed by atoms with van der Waals surface area (Å²) in [6, 6.07) is 8.48. The van der Waals surface area contributed by atoms with Gasteiger partial charge in [0.2, 0.25) is 11.8 Å². The Labute approximate surface area is 133 Å². The van der Waals surface area contributed by atoms with Crippen LogP contribution in [-0.2, 0) is 14.4 Å². The van der Waals surface area contributed by atoms with Crippen molar-refractivity contribution in [3.05, 3.63) is 30.3 Å². The average Bonchev–Trinajstić information content (AvgIpc) is 2.49. The molecule has 120 valence electrons. The number of thioether (sulfide) groups is 1. The van der Waals surface area contributed by atoms with E-state index < -0.39 is 12.0 Å². The van der Waals surface area contributed by atoms with Gasteiger partial charge in [0.25, 0.3) is 0 Å². The molecule has 0 aliphatic rings. The number of nitrogens with zero attached hydrogens (tertiary/aromatic N) is 1. The molecule has 0 radical (unpaired) electrons. The summed E-state index contributed by atoms with van der Waals surface area (Å²) in [4.78, 5) is 36.5. The van der Waals surface area contributed by atoms with Gasteiger partial charge in [0.05, 0.1) is 5.75 Å². The van der Waals surface area contributed by atoms with Crippen LogP contribution >= 0.6 is 11.8 Å². The van der Waals surface area contributed by atoms with E-state index in [4.69, 9.17) is 5.11 Å². The number of nitrogens with one attached hydrogen (secondary N) is 1. The molecular formula is C15H20N2O4S. The summed E-state index contributed by atoms with van der Waals surface area (Å²) >= 11 is 1.35. The number of rotatable bonds is 8. The van der Waals surface area contributed by atoms with Gasteiger partial charge in [-0.05, 0) is 19.1 Å². The van der Waals surface area contributed by atoms with Crippen molar-refractivity contribution in [2.24, 2.45) is 0 Å². The minimum absolute atomic E-state index is 0.154. The minimum Gasteiger partial charge on any atom is -0.480 e. The Balaban J connectivity index is 2.62. The molecule has 6 nitrogen and oxygen atoms in total. The van der Waals surface area contributed by atoms with Crippen LogP contribution in [0.4, 0.5) is 0 Å². The summed E-state index contributed by atoms with van der Waals surface area (Å²) in [6.07, 6.45) is 0. The molecular weight excluding hydrogens is 304 g/mol. The third kappa shape index (κ3) is 6.17. The number of carbonyl (C=O) groups is 3. The van der Waals surface area contributed by atoms with E-state index in [-0.39, 0.29) is 30.7 Å². The number of carboxylic acids is 1. The van der Waals surface area contributed by atoms with Crippen LogP contribution in [0.2, 0.25) is 0 Å². The van der Waals surface area contributed by atoms with Crippen LogP contribution in [-0.4, -0.2) is 52.7 Å². The van der Waals surface area contributed by atoms with Gasteiger partial charge in [-0.2, -0.15) is 0 Å². The lowest BCUT2D eigenvalue weighted by Gasteiger charge is -2.26. The fourth-order valence-corrected chi connectivity index (χ4v) is 2.57. The highest BCUT2D eigenvalue weighted by molar-refractivity contribution is 8.00. The molecule has 7 heteroatoms. The van der Waals surface area contributed by atoms with Crippen LogP contribution in [0.1, 0.15) is 13.8 Å². The van der Waals surface area contributed by atoms with Crippen molar-refractivity contribution in [3.63, 3.8) is 0 Å². The first-order valence-electron chi connectivity index (χ1n) is 6.86. The van der Waals surface area contributed by atoms with Gasteiger partial charge in [0.1, 0.15) is 6.04 Å². The molecule has 1 rings (SSSR count). The van der Waals surface area contributed by atoms with E-state index in [2.05, 4.69) is 5.32 Å². The van der Waals surface area contributed by atoms with Gasteiger partial charge in [0, 0.05) is 24.9 Å². The van der Waals surface area contributed by atoms with Crippen LogP contribution in [0.15, 0.2) is 35.2 Å². The number of hydrogen-bond acceptors (Lipinski definition) is 4. The van der Waals surface area contributed by atoms with Crippen molar-refractivity contribution in [2.75, 3.05) is 18.8 Å². The molecule has 22 heavy (non-hydrogen) atoms. The lowest BCUT2D eigenvalue weighted by molar-refractivity contribution is -0.148. The van der Waals surface area contributed by atoms with Gasteiger partial charge in [-0.3, -0.25) is 9.59 Å². The third-order valence-corrected chi connectivity index (χ3v) is 3.97. The first kappa shape index (κ1) is 18.0. The van der Waals surface area contributed by atoms with Gasteiger partial charge in [-0.25, -0.2) is 4.79 Å². The Morgan fingerprint density at radius 1 is 1.27 bits per heavy atom. The smallest absolute Gasteiger partial charge is 0.326 e. The quantitative estimate of drug-likeness (QED) is 0.702. The highest BCUT2D eigenvalue weighted by atomic mass is 32.2. The molecule has 0 saturated carbocycles. The van der Waals surface area contributed by atoms with E-state index >= 15 is 0 Å². The number of carbonyl (C=O) groups excluding carboxylic acids is 2. The van der Waals surface area contributed by atoms with E-state index in [0.29, 0.717) is 0 Å². The number of carboxylic acid groups (broad SMARTS) is 1. The molecule has 0 saturated heterocycles. The van der Waals surface area contributed by atoms with Crippen LogP contribution in [0.25, 0.3) is 0 Å². The summed E-state index contributed by atoms with van der Waals surface area (Å²) in [5.74, 6) is -1.40. The monoisotopic (exact) mass is 324 g/mol. The van der Waals surface area contributed by atoms with E-state index in [1.165, 1.54) is 30.5 Å². The number of aliphatic carboxylic acids is 1. The van der Waals surface area contributed by atoms with Crippen LogP contribution in [0, 0.1) is 0 Å². The zero-order valence-electron chi connectivity index (χ0n) is 12.6. The minimum atomic E-state index is -1.07. The van der Waals surface area contributed by atoms with E-state index in [9.17, 15) is 14.4 Å². The van der Waals surface area contributed by atoms with E-state index in [1.807, 2.05) is 30.3 Å². The number of hydrogen-bond donors (Lipinski definition) is 2. The SMILES string of the molecule is CC(=O)NCCN(C(=O)CSc1ccccc1)C(C)C(=O)O. The fourth-order valence-electron chi connectivity index (χ4n) is 1.76. The Hall–Kier alpha value is -2.02. The molecule has 0 fully saturated rings. The Kier molecular flexibility index (Phi) is 7.45. The second-order valence-electron chi connectivity index (χ2n) is 4.69. The fraction of sp³-hybridized carbons (Fsp3) is 0.400. The highest BCUT2D eigenvalue weighted by Crippen LogP contribution is 2.18. The largest absolute Gasteiger partial charge is 0.480 e. The lowest BCUT2D eigenvalue weighted by Crippen LogP contribution is -2.47. The summed E-state index contributed by atoms with van der Waals surface area (Å²) in [6.45, 7) is 3.23. The second-order valence-corrected chi connectivity index (χ2v) is 5.73. The zero-order valence-corrected chi connectivity index (χ0v) is 13.4. The maximum atomic E-state index is 12.3. The number of benzene rings is 1. The van der Waals surface area contributed by atoms with Crippen LogP contribution in [0.3, 0.4) is 0 Å². The van der Waals surface area contributed by atoms with Gasteiger partial charge in [0.15, 0.2) is 0 Å². The molecule has 0 aliphatic carbocycles. The Morgan fingerprint density at radius 2 is 1.91 bits per heavy atom. The molecule has 0 spiro atoms. The maximum Gasteiger partial charge on any atom is 0.326 e. The van der Waals surface area contributed by atoms with Crippen molar-refractivity contribution in [1.29, 1.82) is 0 Å². The molecule has 1 atom stereocenters. The molecule has 1 aromatic rings. The summed E-state index contributed by atoms with van der Waals surface area (Å²) in [5.41, 5.74) is 0. The van der Waals surface area contributed by atoms with Gasteiger partial charge in [-0.1, -0.05) is 18.2 Å². The lowest BCUT2D eigenvalue weighted by atomic mass is 10.2. The Bertz CT molecular complexity index is 522. The van der Waals surface area contributed by atoms with Crippen molar-refractivity contribution in [2.45, 2.75) is 24.8 Å².